The van der Waals surface area contributed by atoms with Gasteiger partial charge >= 0.3 is 6.18 Å². The number of halogens is 3. The molecule has 1 aromatic heterocycles. The van der Waals surface area contributed by atoms with Crippen molar-refractivity contribution >= 4 is 35.0 Å². The number of anilines is 2. The molecule has 1 aromatic carbocycles. The second-order valence-electron chi connectivity index (χ2n) is 7.14. The Morgan fingerprint density at radius 2 is 2.03 bits per heavy atom. The van der Waals surface area contributed by atoms with Gasteiger partial charge < -0.3 is 9.88 Å². The molecule has 1 fully saturated rings. The zero-order chi connectivity index (χ0) is 20.9. The Labute approximate surface area is 168 Å². The van der Waals surface area contributed by atoms with Gasteiger partial charge in [-0.2, -0.15) is 13.2 Å². The Morgan fingerprint density at radius 1 is 1.31 bits per heavy atom. The number of nitrogens with one attached hydrogen (secondary N) is 1. The smallest absolute Gasteiger partial charge is 0.323 e. The lowest BCUT2D eigenvalue weighted by Gasteiger charge is -2.31. The van der Waals surface area contributed by atoms with Crippen molar-refractivity contribution in [2.75, 3.05) is 16.8 Å². The topological polar surface area (TPSA) is 80.1 Å². The van der Waals surface area contributed by atoms with E-state index in [0.717, 1.165) is 30.8 Å². The monoisotopic (exact) mass is 425 g/mol. The van der Waals surface area contributed by atoms with Gasteiger partial charge in [0.05, 0.1) is 22.2 Å². The predicted octanol–water partition coefficient (Wildman–Crippen LogP) is 3.18. The number of hydrogen-bond acceptors (Lipinski definition) is 5. The van der Waals surface area contributed by atoms with E-state index in [9.17, 15) is 22.8 Å². The number of carbonyl (C=O) groups excluding carboxylic acids is 2. The summed E-state index contributed by atoms with van der Waals surface area (Å²) in [5.74, 6) is 0.363. The van der Waals surface area contributed by atoms with Crippen LogP contribution in [0.2, 0.25) is 0 Å². The summed E-state index contributed by atoms with van der Waals surface area (Å²) in [6.07, 6.45) is -2.39. The van der Waals surface area contributed by atoms with Gasteiger partial charge in [-0.3, -0.25) is 14.5 Å². The molecule has 0 bridgehead atoms. The number of thioether (sulfide) groups is 1. The van der Waals surface area contributed by atoms with Gasteiger partial charge in [-0.1, -0.05) is 11.8 Å². The van der Waals surface area contributed by atoms with Crippen molar-refractivity contribution in [3.63, 3.8) is 0 Å². The Bertz CT molecular complexity index is 986. The van der Waals surface area contributed by atoms with Crippen LogP contribution in [-0.2, 0) is 22.8 Å². The first-order valence-electron chi connectivity index (χ1n) is 9.03. The highest BCUT2D eigenvalue weighted by Gasteiger charge is 2.36. The van der Waals surface area contributed by atoms with Crippen LogP contribution >= 0.6 is 11.8 Å². The van der Waals surface area contributed by atoms with Crippen LogP contribution < -0.4 is 10.2 Å². The van der Waals surface area contributed by atoms with Gasteiger partial charge in [0, 0.05) is 13.0 Å². The van der Waals surface area contributed by atoms with Crippen molar-refractivity contribution in [1.82, 2.24) is 14.8 Å². The van der Waals surface area contributed by atoms with Crippen LogP contribution in [0, 0.1) is 0 Å². The number of rotatable bonds is 4. The van der Waals surface area contributed by atoms with Gasteiger partial charge in [0.15, 0.2) is 5.16 Å². The highest BCUT2D eigenvalue weighted by Crippen LogP contribution is 2.40. The molecule has 1 aliphatic carbocycles. The highest BCUT2D eigenvalue weighted by molar-refractivity contribution is 8.00. The second kappa shape index (κ2) is 7.05. The number of nitrogens with zero attached hydrogens (tertiary/aromatic N) is 4. The number of amides is 2. The van der Waals surface area contributed by atoms with Crippen molar-refractivity contribution in [2.45, 2.75) is 42.3 Å². The molecule has 4 rings (SSSR count). The average Bonchev–Trinajstić information content (AvgIpc) is 3.43. The number of alkyl halides is 3. The predicted molar refractivity (Wildman–Crippen MR) is 101 cm³/mol. The third kappa shape index (κ3) is 3.83. The van der Waals surface area contributed by atoms with Crippen molar-refractivity contribution in [3.05, 3.63) is 29.6 Å². The zero-order valence-corrected chi connectivity index (χ0v) is 16.5. The van der Waals surface area contributed by atoms with Gasteiger partial charge in [0.1, 0.15) is 12.4 Å². The SMILES string of the molecule is C[C@@H](Sc1nnc(C2CC2)n1C)C(=O)N1CC(=O)Nc2cc(C(F)(F)F)ccc21. The lowest BCUT2D eigenvalue weighted by Crippen LogP contribution is -2.45. The van der Waals surface area contributed by atoms with Gasteiger partial charge in [-0.25, -0.2) is 0 Å². The van der Waals surface area contributed by atoms with Gasteiger partial charge in [-0.15, -0.1) is 10.2 Å². The van der Waals surface area contributed by atoms with E-state index in [1.54, 1.807) is 6.92 Å². The molecule has 2 heterocycles. The molecule has 29 heavy (non-hydrogen) atoms. The largest absolute Gasteiger partial charge is 0.416 e. The van der Waals surface area contributed by atoms with Crippen LogP contribution in [0.15, 0.2) is 23.4 Å². The summed E-state index contributed by atoms with van der Waals surface area (Å²) < 4.78 is 40.8. The quantitative estimate of drug-likeness (QED) is 0.762. The van der Waals surface area contributed by atoms with Crippen LogP contribution in [-0.4, -0.2) is 38.4 Å². The number of fused-ring (bicyclic) bond motifs is 1. The zero-order valence-electron chi connectivity index (χ0n) is 15.7. The van der Waals surface area contributed by atoms with Crippen LogP contribution in [0.4, 0.5) is 24.5 Å². The molecule has 1 saturated carbocycles. The number of hydrogen-bond donors (Lipinski definition) is 1. The first-order chi connectivity index (χ1) is 13.6. The molecule has 0 unspecified atom stereocenters. The lowest BCUT2D eigenvalue weighted by atomic mass is 10.1. The highest BCUT2D eigenvalue weighted by atomic mass is 32.2. The third-order valence-corrected chi connectivity index (χ3v) is 6.02. The third-order valence-electron chi connectivity index (χ3n) is 4.90. The van der Waals surface area contributed by atoms with E-state index in [1.807, 2.05) is 11.6 Å². The Balaban J connectivity index is 1.56. The molecule has 2 aromatic rings. The van der Waals surface area contributed by atoms with Crippen molar-refractivity contribution < 1.29 is 22.8 Å². The maximum Gasteiger partial charge on any atom is 0.416 e. The molecule has 0 spiro atoms. The minimum absolute atomic E-state index is 0.0312. The van der Waals surface area contributed by atoms with Crippen LogP contribution in [0.5, 0.6) is 0 Å². The Kier molecular flexibility index (Phi) is 4.80. The summed E-state index contributed by atoms with van der Waals surface area (Å²) in [5, 5.41) is 10.7. The molecule has 1 aliphatic heterocycles. The van der Waals surface area contributed by atoms with Crippen LogP contribution in [0.1, 0.15) is 37.1 Å². The van der Waals surface area contributed by atoms with E-state index in [-0.39, 0.29) is 23.8 Å². The van der Waals surface area contributed by atoms with Crippen molar-refractivity contribution in [1.29, 1.82) is 0 Å². The minimum atomic E-state index is -4.54. The fourth-order valence-electron chi connectivity index (χ4n) is 3.22. The molecule has 1 N–H and O–H groups in total. The molecular weight excluding hydrogens is 407 g/mol. The first-order valence-corrected chi connectivity index (χ1v) is 9.91. The number of aromatic nitrogens is 3. The molecule has 11 heteroatoms. The number of benzene rings is 1. The van der Waals surface area contributed by atoms with Crippen LogP contribution in [0.3, 0.4) is 0 Å². The van der Waals surface area contributed by atoms with Gasteiger partial charge in [0.2, 0.25) is 11.8 Å². The van der Waals surface area contributed by atoms with Gasteiger partial charge in [0.25, 0.3) is 0 Å². The maximum atomic E-state index is 13.0. The Morgan fingerprint density at radius 3 is 2.69 bits per heavy atom. The molecule has 1 atom stereocenters. The fourth-order valence-corrected chi connectivity index (χ4v) is 4.10. The summed E-state index contributed by atoms with van der Waals surface area (Å²) in [7, 11) is 1.84. The normalized spacial score (nSPS) is 17.7. The number of carbonyl (C=O) groups is 2. The minimum Gasteiger partial charge on any atom is -0.323 e. The van der Waals surface area contributed by atoms with E-state index >= 15 is 0 Å². The molecule has 0 saturated heterocycles. The Hall–Kier alpha value is -2.56. The van der Waals surface area contributed by atoms with E-state index in [0.29, 0.717) is 11.1 Å². The maximum absolute atomic E-state index is 13.0. The summed E-state index contributed by atoms with van der Waals surface area (Å²) in [6.45, 7) is 1.42. The molecular formula is C18H18F3N5O2S. The summed E-state index contributed by atoms with van der Waals surface area (Å²) in [5.41, 5.74) is -0.678. The average molecular weight is 425 g/mol. The van der Waals surface area contributed by atoms with E-state index in [1.165, 1.54) is 22.7 Å². The van der Waals surface area contributed by atoms with E-state index < -0.39 is 22.9 Å². The molecule has 7 nitrogen and oxygen atoms in total. The van der Waals surface area contributed by atoms with Crippen molar-refractivity contribution in [3.8, 4) is 0 Å². The van der Waals surface area contributed by atoms with Crippen LogP contribution in [0.25, 0.3) is 0 Å². The molecule has 2 amide bonds. The van der Waals surface area contributed by atoms with E-state index in [2.05, 4.69) is 15.5 Å². The first kappa shape index (κ1) is 19.7. The fraction of sp³-hybridized carbons (Fsp3) is 0.444. The van der Waals surface area contributed by atoms with Crippen molar-refractivity contribution in [2.24, 2.45) is 7.05 Å². The van der Waals surface area contributed by atoms with Gasteiger partial charge in [-0.05, 0) is 38.0 Å². The summed E-state index contributed by atoms with van der Waals surface area (Å²) in [6, 6.07) is 2.95. The summed E-state index contributed by atoms with van der Waals surface area (Å²) in [4.78, 5) is 26.2. The second-order valence-corrected chi connectivity index (χ2v) is 8.44. The molecule has 154 valence electrons. The van der Waals surface area contributed by atoms with E-state index in [4.69, 9.17) is 0 Å². The molecule has 2 aliphatic rings. The summed E-state index contributed by atoms with van der Waals surface area (Å²) >= 11 is 1.21. The standard InChI is InChI=1S/C18H18F3N5O2S/c1-9(29-17-24-23-15(25(17)2)10-3-4-10)16(28)26-8-14(27)22-12-7-11(18(19,20)21)5-6-13(12)26/h5-7,9-10H,3-4,8H2,1-2H3,(H,22,27)/t9-/m1/s1. The molecule has 0 radical (unpaired) electrons. The lowest BCUT2D eigenvalue weighted by molar-refractivity contribution is -0.137.